The van der Waals surface area contributed by atoms with Gasteiger partial charge in [-0.1, -0.05) is 6.07 Å². The molecule has 0 unspecified atom stereocenters. The third-order valence-electron chi connectivity index (χ3n) is 2.33. The molecule has 112 valence electrons. The van der Waals surface area contributed by atoms with Gasteiger partial charge in [0, 0.05) is 5.69 Å². The Morgan fingerprint density at radius 3 is 2.50 bits per heavy atom. The summed E-state index contributed by atoms with van der Waals surface area (Å²) in [4.78, 5) is 11.8. The Hall–Kier alpha value is -1.44. The second-order valence-electron chi connectivity index (χ2n) is 5.18. The Morgan fingerprint density at radius 1 is 1.30 bits per heavy atom. The number of carbonyl (C=O) groups excluding carboxylic acids is 1. The fourth-order valence-corrected chi connectivity index (χ4v) is 2.11. The van der Waals surface area contributed by atoms with Gasteiger partial charge in [0.1, 0.15) is 6.61 Å². The minimum atomic E-state index is -3.52. The normalized spacial score (nSPS) is 12.2. The van der Waals surface area contributed by atoms with Crippen molar-refractivity contribution in [3.8, 4) is 0 Å². The van der Waals surface area contributed by atoms with E-state index in [1.54, 1.807) is 12.1 Å². The molecule has 6 nitrogen and oxygen atoms in total. The molecule has 2 N–H and O–H groups in total. The maximum Gasteiger partial charge on any atom is 0.250 e. The Bertz CT molecular complexity index is 576. The molecule has 0 radical (unpaired) electrons. The SMILES string of the molecule is CNS(=O)(=O)c1cccc(NC(=O)COC(C)(C)C)c1. The zero-order chi connectivity index (χ0) is 15.4. The molecule has 20 heavy (non-hydrogen) atoms. The molecule has 0 aromatic heterocycles. The van der Waals surface area contributed by atoms with E-state index in [2.05, 4.69) is 10.0 Å². The molecule has 0 aliphatic carbocycles. The highest BCUT2D eigenvalue weighted by atomic mass is 32.2. The van der Waals surface area contributed by atoms with E-state index in [0.29, 0.717) is 5.69 Å². The first-order chi connectivity index (χ1) is 9.14. The molecular formula is C13H20N2O4S. The number of carbonyl (C=O) groups is 1. The van der Waals surface area contributed by atoms with Crippen molar-refractivity contribution in [2.45, 2.75) is 31.3 Å². The van der Waals surface area contributed by atoms with Gasteiger partial charge in [0.2, 0.25) is 15.9 Å². The van der Waals surface area contributed by atoms with Crippen LogP contribution in [0.3, 0.4) is 0 Å². The first kappa shape index (κ1) is 16.6. The first-order valence-corrected chi connectivity index (χ1v) is 7.60. The van der Waals surface area contributed by atoms with Crippen molar-refractivity contribution in [3.05, 3.63) is 24.3 Å². The number of ether oxygens (including phenoxy) is 1. The Morgan fingerprint density at radius 2 is 1.95 bits per heavy atom. The van der Waals surface area contributed by atoms with Crippen LogP contribution in [0.15, 0.2) is 29.2 Å². The first-order valence-electron chi connectivity index (χ1n) is 6.11. The molecule has 1 rings (SSSR count). The molecule has 0 heterocycles. The molecule has 0 spiro atoms. The van der Waals surface area contributed by atoms with Gasteiger partial charge in [-0.15, -0.1) is 0 Å². The fraction of sp³-hybridized carbons (Fsp3) is 0.462. The number of nitrogens with one attached hydrogen (secondary N) is 2. The van der Waals surface area contributed by atoms with Crippen LogP contribution < -0.4 is 10.0 Å². The van der Waals surface area contributed by atoms with Gasteiger partial charge in [-0.2, -0.15) is 0 Å². The Balaban J connectivity index is 2.75. The van der Waals surface area contributed by atoms with E-state index in [-0.39, 0.29) is 17.4 Å². The van der Waals surface area contributed by atoms with E-state index in [9.17, 15) is 13.2 Å². The summed E-state index contributed by atoms with van der Waals surface area (Å²) < 4.78 is 30.9. The van der Waals surface area contributed by atoms with Crippen LogP contribution in [0.5, 0.6) is 0 Å². The van der Waals surface area contributed by atoms with Crippen molar-refractivity contribution >= 4 is 21.6 Å². The Labute approximate surface area is 119 Å². The maximum absolute atomic E-state index is 11.7. The van der Waals surface area contributed by atoms with Gasteiger partial charge in [0.25, 0.3) is 0 Å². The van der Waals surface area contributed by atoms with E-state index in [1.807, 2.05) is 20.8 Å². The van der Waals surface area contributed by atoms with E-state index in [4.69, 9.17) is 4.74 Å². The summed E-state index contributed by atoms with van der Waals surface area (Å²) in [5.74, 6) is -0.334. The van der Waals surface area contributed by atoms with Crippen LogP contribution in [0, 0.1) is 0 Å². The predicted octanol–water partition coefficient (Wildman–Crippen LogP) is 1.35. The summed E-state index contributed by atoms with van der Waals surface area (Å²) in [6.45, 7) is 5.45. The number of benzene rings is 1. The lowest BCUT2D eigenvalue weighted by Gasteiger charge is -2.19. The minimum absolute atomic E-state index is 0.0908. The van der Waals surface area contributed by atoms with Crippen molar-refractivity contribution in [3.63, 3.8) is 0 Å². The van der Waals surface area contributed by atoms with Crippen molar-refractivity contribution in [1.29, 1.82) is 0 Å². The van der Waals surface area contributed by atoms with Gasteiger partial charge < -0.3 is 10.1 Å². The Kier molecular flexibility index (Phi) is 5.27. The third-order valence-corrected chi connectivity index (χ3v) is 3.75. The van der Waals surface area contributed by atoms with Crippen LogP contribution in [0.25, 0.3) is 0 Å². The van der Waals surface area contributed by atoms with Gasteiger partial charge in [0.05, 0.1) is 10.5 Å². The molecular weight excluding hydrogens is 280 g/mol. The van der Waals surface area contributed by atoms with Crippen LogP contribution in [-0.2, 0) is 19.6 Å². The number of anilines is 1. The number of amides is 1. The van der Waals surface area contributed by atoms with Crippen molar-refractivity contribution in [2.24, 2.45) is 0 Å². The summed E-state index contributed by atoms with van der Waals surface area (Å²) in [6.07, 6.45) is 0. The van der Waals surface area contributed by atoms with Crippen LogP contribution in [-0.4, -0.2) is 33.6 Å². The van der Waals surface area contributed by atoms with Crippen molar-refractivity contribution in [2.75, 3.05) is 19.0 Å². The van der Waals surface area contributed by atoms with E-state index < -0.39 is 15.6 Å². The standard InChI is InChI=1S/C13H20N2O4S/c1-13(2,3)19-9-12(16)15-10-6-5-7-11(8-10)20(17,18)14-4/h5-8,14H,9H2,1-4H3,(H,15,16). The van der Waals surface area contributed by atoms with Crippen LogP contribution in [0.1, 0.15) is 20.8 Å². The fourth-order valence-electron chi connectivity index (χ4n) is 1.34. The molecule has 7 heteroatoms. The van der Waals surface area contributed by atoms with Gasteiger partial charge in [-0.05, 0) is 46.0 Å². The summed E-state index contributed by atoms with van der Waals surface area (Å²) >= 11 is 0. The average Bonchev–Trinajstić information content (AvgIpc) is 2.36. The molecule has 0 saturated carbocycles. The predicted molar refractivity (Wildman–Crippen MR) is 77.0 cm³/mol. The molecule has 1 aromatic rings. The summed E-state index contributed by atoms with van der Waals surface area (Å²) in [6, 6.07) is 6.02. The lowest BCUT2D eigenvalue weighted by atomic mass is 10.2. The van der Waals surface area contributed by atoms with Gasteiger partial charge in [-0.3, -0.25) is 4.79 Å². The van der Waals surface area contributed by atoms with Crippen LogP contribution in [0.2, 0.25) is 0 Å². The van der Waals surface area contributed by atoms with Crippen LogP contribution >= 0.6 is 0 Å². The second-order valence-corrected chi connectivity index (χ2v) is 7.07. The van der Waals surface area contributed by atoms with Gasteiger partial charge in [-0.25, -0.2) is 13.1 Å². The molecule has 0 saturated heterocycles. The molecule has 0 atom stereocenters. The van der Waals surface area contributed by atoms with E-state index >= 15 is 0 Å². The summed E-state index contributed by atoms with van der Waals surface area (Å²) in [5.41, 5.74) is -0.00175. The van der Waals surface area contributed by atoms with Crippen LogP contribution in [0.4, 0.5) is 5.69 Å². The smallest absolute Gasteiger partial charge is 0.250 e. The van der Waals surface area contributed by atoms with E-state index in [0.717, 1.165) is 0 Å². The third kappa shape index (κ3) is 5.28. The van der Waals surface area contributed by atoms with Crippen molar-refractivity contribution < 1.29 is 17.9 Å². The topological polar surface area (TPSA) is 84.5 Å². The molecule has 0 aliphatic heterocycles. The van der Waals surface area contributed by atoms with Crippen molar-refractivity contribution in [1.82, 2.24) is 4.72 Å². The highest BCUT2D eigenvalue weighted by Gasteiger charge is 2.14. The number of sulfonamides is 1. The lowest BCUT2D eigenvalue weighted by molar-refractivity contribution is -0.125. The van der Waals surface area contributed by atoms with Gasteiger partial charge in [0.15, 0.2) is 0 Å². The molecule has 0 aliphatic rings. The van der Waals surface area contributed by atoms with E-state index in [1.165, 1.54) is 19.2 Å². The average molecular weight is 300 g/mol. The quantitative estimate of drug-likeness (QED) is 0.859. The maximum atomic E-state index is 11.7. The summed E-state index contributed by atoms with van der Waals surface area (Å²) in [7, 11) is -2.19. The zero-order valence-corrected chi connectivity index (χ0v) is 12.9. The monoisotopic (exact) mass is 300 g/mol. The largest absolute Gasteiger partial charge is 0.366 e. The number of hydrogen-bond donors (Lipinski definition) is 2. The summed E-state index contributed by atoms with van der Waals surface area (Å²) in [5, 5.41) is 2.59. The van der Waals surface area contributed by atoms with Gasteiger partial charge >= 0.3 is 0 Å². The number of rotatable bonds is 5. The highest BCUT2D eigenvalue weighted by molar-refractivity contribution is 7.89. The molecule has 1 amide bonds. The number of hydrogen-bond acceptors (Lipinski definition) is 4. The second kappa shape index (κ2) is 6.34. The molecule has 1 aromatic carbocycles. The highest BCUT2D eigenvalue weighted by Crippen LogP contribution is 2.15. The molecule has 0 bridgehead atoms. The molecule has 0 fully saturated rings. The minimum Gasteiger partial charge on any atom is -0.366 e. The lowest BCUT2D eigenvalue weighted by Crippen LogP contribution is -2.27. The zero-order valence-electron chi connectivity index (χ0n) is 12.1.